The average Bonchev–Trinajstić information content (AvgIpc) is 2.66. The van der Waals surface area contributed by atoms with Gasteiger partial charge >= 0.3 is 6.03 Å². The summed E-state index contributed by atoms with van der Waals surface area (Å²) in [5, 5.41) is 11.5. The summed E-state index contributed by atoms with van der Waals surface area (Å²) in [5.41, 5.74) is 0.539. The van der Waals surface area contributed by atoms with Crippen molar-refractivity contribution in [2.24, 2.45) is 0 Å². The van der Waals surface area contributed by atoms with Crippen molar-refractivity contribution in [3.05, 3.63) is 51.1 Å². The molecule has 0 aromatic heterocycles. The van der Waals surface area contributed by atoms with Gasteiger partial charge in [-0.25, -0.2) is 9.69 Å². The molecule has 0 saturated carbocycles. The number of aromatic hydroxyl groups is 1. The zero-order chi connectivity index (χ0) is 20.4. The van der Waals surface area contributed by atoms with Crippen molar-refractivity contribution in [3.8, 4) is 17.2 Å². The van der Waals surface area contributed by atoms with E-state index in [1.165, 1.54) is 44.6 Å². The van der Waals surface area contributed by atoms with Gasteiger partial charge in [-0.05, 0) is 70.6 Å². The van der Waals surface area contributed by atoms with Gasteiger partial charge < -0.3 is 14.6 Å². The van der Waals surface area contributed by atoms with Crippen molar-refractivity contribution in [2.75, 3.05) is 19.1 Å². The highest BCUT2D eigenvalue weighted by Crippen LogP contribution is 2.34. The first-order valence-corrected chi connectivity index (χ1v) is 9.05. The van der Waals surface area contributed by atoms with Crippen LogP contribution in [0.25, 0.3) is 6.08 Å². The number of urea groups is 1. The second kappa shape index (κ2) is 7.89. The molecule has 1 aliphatic heterocycles. The van der Waals surface area contributed by atoms with E-state index in [0.29, 0.717) is 17.1 Å². The number of methoxy groups -OCH3 is 2. The Hall–Kier alpha value is -3.08. The van der Waals surface area contributed by atoms with E-state index in [9.17, 15) is 19.5 Å². The number of carbonyl (C=O) groups excluding carboxylic acids is 3. The largest absolute Gasteiger partial charge is 0.508 e. The van der Waals surface area contributed by atoms with Crippen LogP contribution in [0.4, 0.5) is 10.5 Å². The molecule has 3 rings (SSSR count). The van der Waals surface area contributed by atoms with Crippen molar-refractivity contribution in [1.29, 1.82) is 0 Å². The lowest BCUT2D eigenvalue weighted by atomic mass is 10.1. The molecule has 8 nitrogen and oxygen atoms in total. The molecule has 0 spiro atoms. The van der Waals surface area contributed by atoms with E-state index in [2.05, 4.69) is 27.9 Å². The van der Waals surface area contributed by atoms with Gasteiger partial charge in [0.05, 0.1) is 23.5 Å². The maximum absolute atomic E-state index is 12.9. The topological polar surface area (TPSA) is 105 Å². The zero-order valence-electron chi connectivity index (χ0n) is 14.9. The first kappa shape index (κ1) is 19.7. The molecule has 28 heavy (non-hydrogen) atoms. The molecule has 0 atom stereocenters. The van der Waals surface area contributed by atoms with Gasteiger partial charge in [0.15, 0.2) is 11.5 Å². The third-order valence-electron chi connectivity index (χ3n) is 3.98. The first-order chi connectivity index (χ1) is 13.3. The lowest BCUT2D eigenvalue weighted by molar-refractivity contribution is -0.122. The third-order valence-corrected chi connectivity index (χ3v) is 4.78. The number of amides is 4. The summed E-state index contributed by atoms with van der Waals surface area (Å²) in [5.74, 6) is -0.610. The molecular weight excluding hydrogens is 479 g/mol. The van der Waals surface area contributed by atoms with Crippen LogP contribution in [0.3, 0.4) is 0 Å². The number of halogens is 1. The number of anilines is 1. The van der Waals surface area contributed by atoms with Gasteiger partial charge in [0.2, 0.25) is 0 Å². The average molecular weight is 494 g/mol. The van der Waals surface area contributed by atoms with Gasteiger partial charge in [-0.1, -0.05) is 0 Å². The van der Waals surface area contributed by atoms with Gasteiger partial charge in [-0.3, -0.25) is 14.9 Å². The molecule has 0 aliphatic carbocycles. The predicted molar refractivity (Wildman–Crippen MR) is 109 cm³/mol. The van der Waals surface area contributed by atoms with E-state index in [4.69, 9.17) is 9.47 Å². The number of phenolic OH excluding ortho intramolecular Hbond substituents is 1. The highest BCUT2D eigenvalue weighted by Gasteiger charge is 2.36. The van der Waals surface area contributed by atoms with Crippen LogP contribution in [0.1, 0.15) is 5.56 Å². The van der Waals surface area contributed by atoms with Crippen LogP contribution < -0.4 is 19.7 Å². The minimum Gasteiger partial charge on any atom is -0.508 e. The molecular formula is C19H15IN2O6. The third kappa shape index (κ3) is 3.65. The molecule has 2 aromatic carbocycles. The standard InChI is InChI=1S/C19H15IN2O6/c1-27-15-9-10(8-14(20)16(15)28-2)7-13-17(24)21-19(26)22(18(13)25)11-3-5-12(23)6-4-11/h3-9,23H,1-2H3,(H,21,24,26)/b13-7+. The smallest absolute Gasteiger partial charge is 0.335 e. The van der Waals surface area contributed by atoms with Crippen LogP contribution in [-0.2, 0) is 9.59 Å². The second-order valence-corrected chi connectivity index (χ2v) is 6.87. The minimum atomic E-state index is -0.861. The van der Waals surface area contributed by atoms with Crippen LogP contribution in [0, 0.1) is 3.57 Å². The van der Waals surface area contributed by atoms with Gasteiger partial charge in [0.1, 0.15) is 11.3 Å². The van der Waals surface area contributed by atoms with Crippen molar-refractivity contribution in [1.82, 2.24) is 5.32 Å². The van der Waals surface area contributed by atoms with Crippen LogP contribution >= 0.6 is 22.6 Å². The Bertz CT molecular complexity index is 1000. The fraction of sp³-hybridized carbons (Fsp3) is 0.105. The van der Waals surface area contributed by atoms with E-state index >= 15 is 0 Å². The lowest BCUT2D eigenvalue weighted by Crippen LogP contribution is -2.54. The summed E-state index contributed by atoms with van der Waals surface area (Å²) in [7, 11) is 2.99. The number of nitrogens with zero attached hydrogens (tertiary/aromatic N) is 1. The monoisotopic (exact) mass is 494 g/mol. The maximum Gasteiger partial charge on any atom is 0.335 e. The summed E-state index contributed by atoms with van der Waals surface area (Å²) in [4.78, 5) is 38.1. The van der Waals surface area contributed by atoms with Crippen LogP contribution in [-0.4, -0.2) is 37.2 Å². The molecule has 0 radical (unpaired) electrons. The molecule has 144 valence electrons. The van der Waals surface area contributed by atoms with E-state index in [1.54, 1.807) is 12.1 Å². The summed E-state index contributed by atoms with van der Waals surface area (Å²) in [6, 6.07) is 7.96. The van der Waals surface area contributed by atoms with E-state index in [0.717, 1.165) is 8.47 Å². The Labute approximate surface area is 173 Å². The van der Waals surface area contributed by atoms with E-state index in [-0.39, 0.29) is 17.0 Å². The van der Waals surface area contributed by atoms with Crippen LogP contribution in [0.15, 0.2) is 42.0 Å². The molecule has 1 heterocycles. The molecule has 0 unspecified atom stereocenters. The Morgan fingerprint density at radius 2 is 1.75 bits per heavy atom. The van der Waals surface area contributed by atoms with Crippen molar-refractivity contribution in [2.45, 2.75) is 0 Å². The van der Waals surface area contributed by atoms with Gasteiger partial charge in [-0.2, -0.15) is 0 Å². The number of hydrogen-bond acceptors (Lipinski definition) is 6. The molecule has 1 saturated heterocycles. The number of hydrogen-bond donors (Lipinski definition) is 2. The first-order valence-electron chi connectivity index (χ1n) is 7.97. The van der Waals surface area contributed by atoms with Gasteiger partial charge in [0.25, 0.3) is 11.8 Å². The quantitative estimate of drug-likeness (QED) is 0.385. The summed E-state index contributed by atoms with van der Waals surface area (Å²) >= 11 is 2.05. The number of ether oxygens (including phenoxy) is 2. The highest BCUT2D eigenvalue weighted by molar-refractivity contribution is 14.1. The van der Waals surface area contributed by atoms with Crippen LogP contribution in [0.5, 0.6) is 17.2 Å². The number of phenols is 1. The summed E-state index contributed by atoms with van der Waals surface area (Å²) in [6.07, 6.45) is 1.38. The molecule has 1 fully saturated rings. The van der Waals surface area contributed by atoms with E-state index < -0.39 is 17.8 Å². The predicted octanol–water partition coefficient (Wildman–Crippen LogP) is 2.68. The minimum absolute atomic E-state index is 0.0136. The lowest BCUT2D eigenvalue weighted by Gasteiger charge is -2.26. The fourth-order valence-electron chi connectivity index (χ4n) is 2.68. The summed E-state index contributed by atoms with van der Waals surface area (Å²) < 4.78 is 11.3. The number of imide groups is 2. The Balaban J connectivity index is 2.04. The van der Waals surface area contributed by atoms with Gasteiger partial charge in [-0.15, -0.1) is 0 Å². The number of benzene rings is 2. The Morgan fingerprint density at radius 1 is 1.07 bits per heavy atom. The van der Waals surface area contributed by atoms with Gasteiger partial charge in [0, 0.05) is 0 Å². The van der Waals surface area contributed by atoms with Crippen molar-refractivity contribution < 1.29 is 29.0 Å². The molecule has 4 amide bonds. The fourth-order valence-corrected chi connectivity index (χ4v) is 3.53. The number of rotatable bonds is 4. The maximum atomic E-state index is 12.9. The molecule has 9 heteroatoms. The highest BCUT2D eigenvalue weighted by atomic mass is 127. The molecule has 1 aliphatic rings. The number of nitrogens with one attached hydrogen (secondary N) is 1. The van der Waals surface area contributed by atoms with E-state index in [1.807, 2.05) is 0 Å². The zero-order valence-corrected chi connectivity index (χ0v) is 17.0. The molecule has 2 aromatic rings. The Morgan fingerprint density at radius 3 is 2.36 bits per heavy atom. The normalized spacial score (nSPS) is 15.6. The number of carbonyl (C=O) groups is 3. The number of barbiturate groups is 1. The molecule has 2 N–H and O–H groups in total. The second-order valence-electron chi connectivity index (χ2n) is 5.71. The molecule has 0 bridgehead atoms. The van der Waals surface area contributed by atoms with Crippen molar-refractivity contribution >= 4 is 52.2 Å². The SMILES string of the molecule is COc1cc(/C=C2\C(=O)NC(=O)N(c3ccc(O)cc3)C2=O)cc(I)c1OC. The van der Waals surface area contributed by atoms with Crippen molar-refractivity contribution in [3.63, 3.8) is 0 Å². The van der Waals surface area contributed by atoms with Crippen LogP contribution in [0.2, 0.25) is 0 Å². The summed E-state index contributed by atoms with van der Waals surface area (Å²) in [6.45, 7) is 0. The Kier molecular flexibility index (Phi) is 5.54.